The van der Waals surface area contributed by atoms with Crippen molar-refractivity contribution in [1.82, 2.24) is 0 Å². The van der Waals surface area contributed by atoms with Gasteiger partial charge in [0.2, 0.25) is 0 Å². The molecule has 0 amide bonds. The first-order chi connectivity index (χ1) is 7.48. The second kappa shape index (κ2) is 5.47. The number of hydrogen-bond donors (Lipinski definition) is 0. The van der Waals surface area contributed by atoms with Crippen LogP contribution in [0.1, 0.15) is 59.3 Å². The quantitative estimate of drug-likeness (QED) is 0.494. The molecule has 0 radical (unpaired) electrons. The number of hydrogen-bond acceptors (Lipinski definition) is 1. The van der Waals surface area contributed by atoms with Crippen LogP contribution in [0.5, 0.6) is 0 Å². The average Bonchev–Trinajstić information content (AvgIpc) is 2.25. The van der Waals surface area contributed by atoms with Crippen molar-refractivity contribution in [3.63, 3.8) is 0 Å². The number of carbonyl (C=O) groups excluding carboxylic acids is 1. The van der Waals surface area contributed by atoms with Crippen molar-refractivity contribution < 1.29 is 4.79 Å². The van der Waals surface area contributed by atoms with Crippen LogP contribution in [0.25, 0.3) is 0 Å². The summed E-state index contributed by atoms with van der Waals surface area (Å²) in [6.45, 7) is 10.8. The van der Waals surface area contributed by atoms with E-state index in [0.29, 0.717) is 5.41 Å². The molecule has 0 unspecified atom stereocenters. The smallest absolute Gasteiger partial charge is 0.145 e. The molecule has 90 valence electrons. The van der Waals surface area contributed by atoms with Gasteiger partial charge in [-0.1, -0.05) is 38.5 Å². The van der Waals surface area contributed by atoms with Crippen molar-refractivity contribution in [2.75, 3.05) is 0 Å². The van der Waals surface area contributed by atoms with Crippen molar-refractivity contribution >= 4 is 6.29 Å². The van der Waals surface area contributed by atoms with Gasteiger partial charge >= 0.3 is 0 Å². The van der Waals surface area contributed by atoms with Gasteiger partial charge in [-0.2, -0.15) is 0 Å². The Labute approximate surface area is 99.6 Å². The SMILES string of the molecule is C=C(CC)CCC1=C(C=O)CCC(C)(C)C1. The molecule has 0 atom stereocenters. The number of rotatable bonds is 5. The lowest BCUT2D eigenvalue weighted by molar-refractivity contribution is -0.105. The summed E-state index contributed by atoms with van der Waals surface area (Å²) in [6, 6.07) is 0. The van der Waals surface area contributed by atoms with Crippen LogP contribution in [0.2, 0.25) is 0 Å². The molecule has 0 saturated heterocycles. The minimum Gasteiger partial charge on any atom is -0.298 e. The van der Waals surface area contributed by atoms with Gasteiger partial charge in [-0.15, -0.1) is 0 Å². The fourth-order valence-corrected chi connectivity index (χ4v) is 2.33. The van der Waals surface area contributed by atoms with Crippen LogP contribution in [0, 0.1) is 5.41 Å². The molecule has 0 fully saturated rings. The molecule has 0 aromatic heterocycles. The number of allylic oxidation sites excluding steroid dienone is 3. The highest BCUT2D eigenvalue weighted by Crippen LogP contribution is 2.39. The molecular formula is C15H24O. The Kier molecular flexibility index (Phi) is 4.52. The van der Waals surface area contributed by atoms with E-state index < -0.39 is 0 Å². The van der Waals surface area contributed by atoms with Crippen LogP contribution in [-0.4, -0.2) is 6.29 Å². The van der Waals surface area contributed by atoms with Crippen molar-refractivity contribution in [3.8, 4) is 0 Å². The molecule has 0 aromatic rings. The maximum absolute atomic E-state index is 11.0. The second-order valence-corrected chi connectivity index (χ2v) is 5.69. The first kappa shape index (κ1) is 13.2. The minimum atomic E-state index is 0.370. The van der Waals surface area contributed by atoms with Crippen molar-refractivity contribution in [2.24, 2.45) is 5.41 Å². The van der Waals surface area contributed by atoms with E-state index in [1.807, 2.05) is 0 Å². The molecule has 0 spiro atoms. The third-order valence-corrected chi connectivity index (χ3v) is 3.64. The van der Waals surface area contributed by atoms with Crippen LogP contribution in [0.3, 0.4) is 0 Å². The molecule has 16 heavy (non-hydrogen) atoms. The summed E-state index contributed by atoms with van der Waals surface area (Å²) < 4.78 is 0. The Hall–Kier alpha value is -0.850. The molecule has 1 rings (SSSR count). The lowest BCUT2D eigenvalue weighted by atomic mass is 9.73. The fourth-order valence-electron chi connectivity index (χ4n) is 2.33. The summed E-state index contributed by atoms with van der Waals surface area (Å²) in [7, 11) is 0. The van der Waals surface area contributed by atoms with Gasteiger partial charge in [-0.25, -0.2) is 0 Å². The molecule has 0 aromatic carbocycles. The largest absolute Gasteiger partial charge is 0.298 e. The predicted octanol–water partition coefficient (Wildman–Crippen LogP) is 4.44. The molecule has 1 heteroatoms. The summed E-state index contributed by atoms with van der Waals surface area (Å²) in [5, 5.41) is 0. The third-order valence-electron chi connectivity index (χ3n) is 3.64. The van der Waals surface area contributed by atoms with Crippen molar-refractivity contribution in [2.45, 2.75) is 59.3 Å². The lowest BCUT2D eigenvalue weighted by Gasteiger charge is -2.32. The zero-order chi connectivity index (χ0) is 12.2. The Morgan fingerprint density at radius 2 is 2.19 bits per heavy atom. The molecule has 0 saturated carbocycles. The topological polar surface area (TPSA) is 17.1 Å². The number of aldehydes is 1. The van der Waals surface area contributed by atoms with Gasteiger partial charge in [-0.3, -0.25) is 4.79 Å². The lowest BCUT2D eigenvalue weighted by Crippen LogP contribution is -2.19. The Morgan fingerprint density at radius 3 is 2.75 bits per heavy atom. The molecule has 0 aliphatic heterocycles. The zero-order valence-electron chi connectivity index (χ0n) is 10.9. The van der Waals surface area contributed by atoms with E-state index in [2.05, 4.69) is 27.4 Å². The monoisotopic (exact) mass is 220 g/mol. The molecule has 1 aliphatic rings. The highest BCUT2D eigenvalue weighted by atomic mass is 16.1. The normalized spacial score (nSPS) is 19.7. The minimum absolute atomic E-state index is 0.370. The van der Waals surface area contributed by atoms with Gasteiger partial charge in [0.1, 0.15) is 6.29 Å². The van der Waals surface area contributed by atoms with Crippen LogP contribution in [0.4, 0.5) is 0 Å². The highest BCUT2D eigenvalue weighted by Gasteiger charge is 2.26. The zero-order valence-corrected chi connectivity index (χ0v) is 10.9. The molecule has 0 heterocycles. The summed E-state index contributed by atoms with van der Waals surface area (Å²) >= 11 is 0. The predicted molar refractivity (Wildman–Crippen MR) is 69.4 cm³/mol. The molecule has 1 nitrogen and oxygen atoms in total. The van der Waals surface area contributed by atoms with E-state index in [1.165, 1.54) is 11.1 Å². The van der Waals surface area contributed by atoms with Gasteiger partial charge in [0, 0.05) is 0 Å². The standard InChI is InChI=1S/C15H24O/c1-5-12(2)6-7-13-10-15(3,4)9-8-14(13)11-16/h11H,2,5-10H2,1,3-4H3. The van der Waals surface area contributed by atoms with Crippen molar-refractivity contribution in [1.29, 1.82) is 0 Å². The van der Waals surface area contributed by atoms with Crippen molar-refractivity contribution in [3.05, 3.63) is 23.3 Å². The van der Waals surface area contributed by atoms with E-state index in [1.54, 1.807) is 0 Å². The van der Waals surface area contributed by atoms with Gasteiger partial charge in [-0.05, 0) is 49.5 Å². The summed E-state index contributed by atoms with van der Waals surface area (Å²) in [5.74, 6) is 0. The molecule has 1 aliphatic carbocycles. The average molecular weight is 220 g/mol. The van der Waals surface area contributed by atoms with Crippen LogP contribution in [-0.2, 0) is 4.79 Å². The van der Waals surface area contributed by atoms with Crippen LogP contribution >= 0.6 is 0 Å². The Bertz CT molecular complexity index is 307. The molecular weight excluding hydrogens is 196 g/mol. The van der Waals surface area contributed by atoms with E-state index in [4.69, 9.17) is 0 Å². The summed E-state index contributed by atoms with van der Waals surface area (Å²) in [4.78, 5) is 11.0. The van der Waals surface area contributed by atoms with Gasteiger partial charge in [0.05, 0.1) is 0 Å². The Balaban J connectivity index is 2.68. The first-order valence-electron chi connectivity index (χ1n) is 6.31. The van der Waals surface area contributed by atoms with Gasteiger partial charge in [0.15, 0.2) is 0 Å². The van der Waals surface area contributed by atoms with E-state index in [-0.39, 0.29) is 0 Å². The third kappa shape index (κ3) is 3.62. The van der Waals surface area contributed by atoms with Gasteiger partial charge in [0.25, 0.3) is 0 Å². The first-order valence-corrected chi connectivity index (χ1v) is 6.31. The summed E-state index contributed by atoms with van der Waals surface area (Å²) in [6.07, 6.45) is 7.37. The molecule has 0 bridgehead atoms. The summed E-state index contributed by atoms with van der Waals surface area (Å²) in [5.41, 5.74) is 4.10. The fraction of sp³-hybridized carbons (Fsp3) is 0.667. The maximum Gasteiger partial charge on any atom is 0.145 e. The maximum atomic E-state index is 11.0. The molecule has 0 N–H and O–H groups in total. The second-order valence-electron chi connectivity index (χ2n) is 5.69. The number of carbonyl (C=O) groups is 1. The highest BCUT2D eigenvalue weighted by molar-refractivity contribution is 5.75. The van der Waals surface area contributed by atoms with Crippen LogP contribution in [0.15, 0.2) is 23.3 Å². The Morgan fingerprint density at radius 1 is 1.50 bits per heavy atom. The van der Waals surface area contributed by atoms with E-state index in [0.717, 1.165) is 50.4 Å². The van der Waals surface area contributed by atoms with E-state index in [9.17, 15) is 4.79 Å². The van der Waals surface area contributed by atoms with Gasteiger partial charge < -0.3 is 0 Å². The van der Waals surface area contributed by atoms with E-state index >= 15 is 0 Å². The van der Waals surface area contributed by atoms with Crippen LogP contribution < -0.4 is 0 Å².